The highest BCUT2D eigenvalue weighted by Gasteiger charge is 2.14. The second-order valence-corrected chi connectivity index (χ2v) is 6.08. The first-order valence-electron chi connectivity index (χ1n) is 7.62. The predicted octanol–water partition coefficient (Wildman–Crippen LogP) is 3.56. The Morgan fingerprint density at radius 3 is 2.71 bits per heavy atom. The SMILES string of the molecule is CN(Cc1nc(-c2cccc(Cl)c2)no1)C[C@H](O)c1ccccc1. The Labute approximate surface area is 145 Å². The van der Waals surface area contributed by atoms with Crippen LogP contribution < -0.4 is 0 Å². The van der Waals surface area contributed by atoms with Crippen molar-refractivity contribution in [3.63, 3.8) is 0 Å². The Bertz CT molecular complexity index is 792. The Hall–Kier alpha value is -2.21. The number of aliphatic hydroxyl groups excluding tert-OH is 1. The lowest BCUT2D eigenvalue weighted by atomic mass is 10.1. The minimum Gasteiger partial charge on any atom is -0.387 e. The molecule has 0 spiro atoms. The zero-order valence-electron chi connectivity index (χ0n) is 13.3. The molecule has 0 saturated carbocycles. The molecule has 1 heterocycles. The number of halogens is 1. The van der Waals surface area contributed by atoms with E-state index in [1.807, 2.05) is 54.4 Å². The zero-order valence-corrected chi connectivity index (χ0v) is 14.0. The van der Waals surface area contributed by atoms with Gasteiger partial charge in [-0.25, -0.2) is 0 Å². The van der Waals surface area contributed by atoms with Crippen LogP contribution in [0, 0.1) is 0 Å². The Morgan fingerprint density at radius 2 is 1.96 bits per heavy atom. The van der Waals surface area contributed by atoms with Crippen LogP contribution in [0.1, 0.15) is 17.6 Å². The Balaban J connectivity index is 1.62. The van der Waals surface area contributed by atoms with Gasteiger partial charge in [0.15, 0.2) is 0 Å². The molecule has 1 atom stereocenters. The first kappa shape index (κ1) is 16.6. The summed E-state index contributed by atoms with van der Waals surface area (Å²) in [5.74, 6) is 0.997. The molecule has 0 aliphatic rings. The highest BCUT2D eigenvalue weighted by molar-refractivity contribution is 6.30. The van der Waals surface area contributed by atoms with Gasteiger partial charge < -0.3 is 9.63 Å². The van der Waals surface area contributed by atoms with Gasteiger partial charge in [0.1, 0.15) is 0 Å². The molecule has 0 bridgehead atoms. The highest BCUT2D eigenvalue weighted by atomic mass is 35.5. The largest absolute Gasteiger partial charge is 0.387 e. The van der Waals surface area contributed by atoms with Gasteiger partial charge in [-0.2, -0.15) is 4.98 Å². The summed E-state index contributed by atoms with van der Waals surface area (Å²) in [6, 6.07) is 16.9. The topological polar surface area (TPSA) is 62.4 Å². The summed E-state index contributed by atoms with van der Waals surface area (Å²) < 4.78 is 5.29. The van der Waals surface area contributed by atoms with Gasteiger partial charge in [-0.05, 0) is 24.7 Å². The first-order valence-corrected chi connectivity index (χ1v) is 7.99. The summed E-state index contributed by atoms with van der Waals surface area (Å²) in [5.41, 5.74) is 1.69. The second kappa shape index (κ2) is 7.57. The first-order chi connectivity index (χ1) is 11.6. The molecular weight excluding hydrogens is 326 g/mol. The maximum atomic E-state index is 10.3. The molecule has 2 aromatic carbocycles. The molecular formula is C18H18ClN3O2. The van der Waals surface area contributed by atoms with Crippen LogP contribution in [0.3, 0.4) is 0 Å². The molecule has 0 saturated heterocycles. The lowest BCUT2D eigenvalue weighted by molar-refractivity contribution is 0.118. The van der Waals surface area contributed by atoms with E-state index in [4.69, 9.17) is 16.1 Å². The molecule has 1 N–H and O–H groups in total. The number of aliphatic hydroxyl groups is 1. The monoisotopic (exact) mass is 343 g/mol. The van der Waals surface area contributed by atoms with Crippen LogP contribution in [0.2, 0.25) is 5.02 Å². The molecule has 124 valence electrons. The van der Waals surface area contributed by atoms with E-state index in [1.165, 1.54) is 0 Å². The molecule has 6 heteroatoms. The number of hydrogen-bond donors (Lipinski definition) is 1. The number of likely N-dealkylation sites (N-methyl/N-ethyl adjacent to an activating group) is 1. The normalized spacial score (nSPS) is 12.5. The van der Waals surface area contributed by atoms with E-state index in [9.17, 15) is 5.11 Å². The zero-order chi connectivity index (χ0) is 16.9. The van der Waals surface area contributed by atoms with Crippen LogP contribution in [0.5, 0.6) is 0 Å². The minimum atomic E-state index is -0.563. The smallest absolute Gasteiger partial charge is 0.241 e. The number of nitrogens with zero attached hydrogens (tertiary/aromatic N) is 3. The van der Waals surface area contributed by atoms with E-state index < -0.39 is 6.10 Å². The lowest BCUT2D eigenvalue weighted by Crippen LogP contribution is -2.24. The van der Waals surface area contributed by atoms with Crippen molar-refractivity contribution in [1.29, 1.82) is 0 Å². The van der Waals surface area contributed by atoms with Crippen molar-refractivity contribution in [2.75, 3.05) is 13.6 Å². The molecule has 1 aromatic heterocycles. The van der Waals surface area contributed by atoms with E-state index in [0.29, 0.717) is 29.8 Å². The fourth-order valence-corrected chi connectivity index (χ4v) is 2.63. The van der Waals surface area contributed by atoms with Gasteiger partial charge in [0.25, 0.3) is 0 Å². The Morgan fingerprint density at radius 1 is 1.17 bits per heavy atom. The molecule has 0 fully saturated rings. The standard InChI is InChI=1S/C18H18ClN3O2/c1-22(11-16(23)13-6-3-2-4-7-13)12-17-20-18(21-24-17)14-8-5-9-15(19)10-14/h2-10,16,23H,11-12H2,1H3/t16-/m0/s1. The van der Waals surface area contributed by atoms with E-state index in [1.54, 1.807) is 12.1 Å². The molecule has 3 aromatic rings. The van der Waals surface area contributed by atoms with Gasteiger partial charge >= 0.3 is 0 Å². The summed E-state index contributed by atoms with van der Waals surface area (Å²) in [6.07, 6.45) is -0.563. The quantitative estimate of drug-likeness (QED) is 0.741. The van der Waals surface area contributed by atoms with E-state index in [-0.39, 0.29) is 0 Å². The third-order valence-electron chi connectivity index (χ3n) is 3.63. The molecule has 3 rings (SSSR count). The molecule has 5 nitrogen and oxygen atoms in total. The lowest BCUT2D eigenvalue weighted by Gasteiger charge is -2.19. The number of hydrogen-bond acceptors (Lipinski definition) is 5. The van der Waals surface area contributed by atoms with Crippen LogP contribution in [-0.4, -0.2) is 33.7 Å². The van der Waals surface area contributed by atoms with Crippen LogP contribution in [-0.2, 0) is 6.54 Å². The number of rotatable bonds is 6. The van der Waals surface area contributed by atoms with Gasteiger partial charge in [-0.1, -0.05) is 59.2 Å². The fourth-order valence-electron chi connectivity index (χ4n) is 2.44. The van der Waals surface area contributed by atoms with E-state index in [2.05, 4.69) is 10.1 Å². The number of benzene rings is 2. The van der Waals surface area contributed by atoms with Gasteiger partial charge in [0.2, 0.25) is 11.7 Å². The minimum absolute atomic E-state index is 0.456. The van der Waals surface area contributed by atoms with Crippen molar-refractivity contribution in [3.05, 3.63) is 71.1 Å². The summed E-state index contributed by atoms with van der Waals surface area (Å²) in [7, 11) is 1.90. The van der Waals surface area contributed by atoms with Gasteiger partial charge in [-0.3, -0.25) is 4.90 Å². The van der Waals surface area contributed by atoms with Crippen LogP contribution >= 0.6 is 11.6 Å². The van der Waals surface area contributed by atoms with E-state index >= 15 is 0 Å². The van der Waals surface area contributed by atoms with Crippen LogP contribution in [0.25, 0.3) is 11.4 Å². The second-order valence-electron chi connectivity index (χ2n) is 5.65. The van der Waals surface area contributed by atoms with Crippen LogP contribution in [0.4, 0.5) is 0 Å². The van der Waals surface area contributed by atoms with Crippen molar-refractivity contribution >= 4 is 11.6 Å². The summed E-state index contributed by atoms with van der Waals surface area (Å²) in [4.78, 5) is 6.32. The van der Waals surface area contributed by atoms with Gasteiger partial charge in [0, 0.05) is 17.1 Å². The van der Waals surface area contributed by atoms with Crippen molar-refractivity contribution in [3.8, 4) is 11.4 Å². The van der Waals surface area contributed by atoms with Crippen molar-refractivity contribution in [2.45, 2.75) is 12.6 Å². The molecule has 0 radical (unpaired) electrons. The average molecular weight is 344 g/mol. The van der Waals surface area contributed by atoms with Crippen molar-refractivity contribution < 1.29 is 9.63 Å². The van der Waals surface area contributed by atoms with Gasteiger partial charge in [0.05, 0.1) is 12.6 Å². The van der Waals surface area contributed by atoms with Crippen LogP contribution in [0.15, 0.2) is 59.1 Å². The third kappa shape index (κ3) is 4.20. The van der Waals surface area contributed by atoms with Crippen molar-refractivity contribution in [2.24, 2.45) is 0 Å². The summed E-state index contributed by atoms with van der Waals surface area (Å²) in [6.45, 7) is 0.927. The van der Waals surface area contributed by atoms with Gasteiger partial charge in [-0.15, -0.1) is 0 Å². The molecule has 0 amide bonds. The maximum Gasteiger partial charge on any atom is 0.241 e. The Kier molecular flexibility index (Phi) is 5.25. The molecule has 0 unspecified atom stereocenters. The molecule has 0 aliphatic carbocycles. The highest BCUT2D eigenvalue weighted by Crippen LogP contribution is 2.20. The molecule has 0 aliphatic heterocycles. The third-order valence-corrected chi connectivity index (χ3v) is 3.86. The molecule has 24 heavy (non-hydrogen) atoms. The summed E-state index contributed by atoms with van der Waals surface area (Å²) >= 11 is 5.98. The predicted molar refractivity (Wildman–Crippen MR) is 92.5 cm³/mol. The maximum absolute atomic E-state index is 10.3. The fraction of sp³-hybridized carbons (Fsp3) is 0.222. The van der Waals surface area contributed by atoms with Crippen molar-refractivity contribution in [1.82, 2.24) is 15.0 Å². The average Bonchev–Trinajstić information content (AvgIpc) is 3.04. The summed E-state index contributed by atoms with van der Waals surface area (Å²) in [5, 5.41) is 14.9. The van der Waals surface area contributed by atoms with E-state index in [0.717, 1.165) is 11.1 Å². The number of aromatic nitrogens is 2.